The van der Waals surface area contributed by atoms with E-state index in [2.05, 4.69) is 30.9 Å². The maximum absolute atomic E-state index is 13.5. The molecule has 1 saturated carbocycles. The molecule has 3 atom stereocenters. The monoisotopic (exact) mass is 412 g/mol. The molecule has 29 heavy (non-hydrogen) atoms. The molecule has 2 aromatic heterocycles. The molecule has 0 N–H and O–H groups in total. The van der Waals surface area contributed by atoms with Crippen LogP contribution in [0.3, 0.4) is 0 Å². The average molecular weight is 413 g/mol. The van der Waals surface area contributed by atoms with Crippen molar-refractivity contribution in [2.75, 3.05) is 0 Å². The fourth-order valence-electron chi connectivity index (χ4n) is 4.24. The molecule has 3 unspecified atom stereocenters. The largest absolute Gasteiger partial charge is 0.338 e. The second kappa shape index (κ2) is 8.69. The molecular formula is C22H28N4O2S. The molecule has 1 aromatic carbocycles. The Kier molecular flexibility index (Phi) is 6.04. The Labute approximate surface area is 175 Å². The summed E-state index contributed by atoms with van der Waals surface area (Å²) in [6.45, 7) is 6.64. The minimum atomic E-state index is 0.0567. The van der Waals surface area contributed by atoms with E-state index in [0.29, 0.717) is 28.9 Å². The van der Waals surface area contributed by atoms with Gasteiger partial charge in [0.2, 0.25) is 5.89 Å². The Morgan fingerprint density at radius 3 is 2.86 bits per heavy atom. The van der Waals surface area contributed by atoms with Gasteiger partial charge in [0.15, 0.2) is 11.0 Å². The van der Waals surface area contributed by atoms with E-state index in [1.165, 1.54) is 18.2 Å². The molecular weight excluding hydrogens is 384 g/mol. The van der Waals surface area contributed by atoms with Crippen LogP contribution in [-0.2, 0) is 12.2 Å². The summed E-state index contributed by atoms with van der Waals surface area (Å²) in [5.41, 5.74) is 0.797. The number of thioether (sulfide) groups is 1. The van der Waals surface area contributed by atoms with E-state index < -0.39 is 0 Å². The van der Waals surface area contributed by atoms with Crippen LogP contribution in [0.5, 0.6) is 0 Å². The van der Waals surface area contributed by atoms with Crippen LogP contribution in [0.15, 0.2) is 38.7 Å². The average Bonchev–Trinajstić information content (AvgIpc) is 3.17. The molecule has 1 aliphatic carbocycles. The molecule has 7 heteroatoms. The fraction of sp³-hybridized carbons (Fsp3) is 0.545. The number of benzene rings is 1. The highest BCUT2D eigenvalue weighted by Crippen LogP contribution is 2.39. The molecule has 6 nitrogen and oxygen atoms in total. The molecule has 0 spiro atoms. The summed E-state index contributed by atoms with van der Waals surface area (Å²) in [4.78, 5) is 22.8. The van der Waals surface area contributed by atoms with Crippen molar-refractivity contribution >= 4 is 22.7 Å². The van der Waals surface area contributed by atoms with E-state index in [0.717, 1.165) is 42.2 Å². The smallest absolute Gasteiger partial charge is 0.262 e. The van der Waals surface area contributed by atoms with E-state index >= 15 is 0 Å². The van der Waals surface area contributed by atoms with E-state index in [1.54, 1.807) is 0 Å². The van der Waals surface area contributed by atoms with Gasteiger partial charge in [-0.3, -0.25) is 9.36 Å². The van der Waals surface area contributed by atoms with Gasteiger partial charge in [-0.05, 0) is 36.8 Å². The Balaban J connectivity index is 1.71. The molecule has 1 aliphatic rings. The Morgan fingerprint density at radius 2 is 2.03 bits per heavy atom. The topological polar surface area (TPSA) is 73.8 Å². The minimum absolute atomic E-state index is 0.0567. The van der Waals surface area contributed by atoms with E-state index in [-0.39, 0.29) is 11.6 Å². The van der Waals surface area contributed by atoms with Crippen molar-refractivity contribution in [3.8, 4) is 0 Å². The van der Waals surface area contributed by atoms with Gasteiger partial charge in [0.25, 0.3) is 5.56 Å². The first-order valence-electron chi connectivity index (χ1n) is 10.5. The van der Waals surface area contributed by atoms with Gasteiger partial charge in [0, 0.05) is 12.5 Å². The van der Waals surface area contributed by atoms with Crippen LogP contribution in [0.2, 0.25) is 0 Å². The van der Waals surface area contributed by atoms with Crippen LogP contribution in [0.4, 0.5) is 0 Å². The minimum Gasteiger partial charge on any atom is -0.338 e. The standard InChI is InChI=1S/C22H28N4O2S/c1-4-8-19-24-20(28-25-19)13-29-22-23-17-11-6-5-10-16(17)21(27)26(22)18-12-7-9-14(2)15(18)3/h5-6,10-11,14-15,18H,4,7-9,12-13H2,1-3H3. The Morgan fingerprint density at radius 1 is 1.21 bits per heavy atom. The zero-order chi connectivity index (χ0) is 20.4. The fourth-order valence-corrected chi connectivity index (χ4v) is 5.13. The van der Waals surface area contributed by atoms with Gasteiger partial charge in [-0.25, -0.2) is 4.98 Å². The van der Waals surface area contributed by atoms with Crippen molar-refractivity contribution < 1.29 is 4.52 Å². The predicted octanol–water partition coefficient (Wildman–Crippen LogP) is 5.02. The predicted molar refractivity (Wildman–Crippen MR) is 115 cm³/mol. The van der Waals surface area contributed by atoms with Gasteiger partial charge >= 0.3 is 0 Å². The Bertz CT molecular complexity index is 1040. The molecule has 2 heterocycles. The molecule has 4 rings (SSSR count). The van der Waals surface area contributed by atoms with E-state index in [1.807, 2.05) is 28.8 Å². The number of hydrogen-bond acceptors (Lipinski definition) is 6. The molecule has 0 saturated heterocycles. The maximum Gasteiger partial charge on any atom is 0.262 e. The molecule has 3 aromatic rings. The van der Waals surface area contributed by atoms with Crippen molar-refractivity contribution in [1.29, 1.82) is 0 Å². The van der Waals surface area contributed by atoms with Crippen LogP contribution < -0.4 is 5.56 Å². The van der Waals surface area contributed by atoms with Crippen molar-refractivity contribution in [2.45, 2.75) is 69.8 Å². The van der Waals surface area contributed by atoms with Gasteiger partial charge in [-0.15, -0.1) is 0 Å². The highest BCUT2D eigenvalue weighted by atomic mass is 32.2. The SMILES string of the molecule is CCCc1noc(CSc2nc3ccccc3c(=O)n2C2CCCC(C)C2C)n1. The Hall–Kier alpha value is -2.15. The van der Waals surface area contributed by atoms with Crippen LogP contribution in [0.1, 0.15) is 64.2 Å². The number of para-hydroxylation sites is 1. The summed E-state index contributed by atoms with van der Waals surface area (Å²) >= 11 is 1.51. The molecule has 1 fully saturated rings. The quantitative estimate of drug-likeness (QED) is 0.418. The number of aryl methyl sites for hydroxylation is 1. The number of nitrogens with zero attached hydrogens (tertiary/aromatic N) is 4. The maximum atomic E-state index is 13.5. The van der Waals surface area contributed by atoms with Gasteiger partial charge in [-0.1, -0.05) is 62.7 Å². The van der Waals surface area contributed by atoms with Crippen molar-refractivity contribution in [3.63, 3.8) is 0 Å². The number of fused-ring (bicyclic) bond motifs is 1. The first kappa shape index (κ1) is 20.1. The van der Waals surface area contributed by atoms with Gasteiger partial charge < -0.3 is 4.52 Å². The lowest BCUT2D eigenvalue weighted by Crippen LogP contribution is -2.35. The lowest BCUT2D eigenvalue weighted by Gasteiger charge is -2.36. The summed E-state index contributed by atoms with van der Waals surface area (Å²) in [5.74, 6) is 2.86. The summed E-state index contributed by atoms with van der Waals surface area (Å²) in [7, 11) is 0. The lowest BCUT2D eigenvalue weighted by molar-refractivity contribution is 0.173. The molecule has 0 amide bonds. The summed E-state index contributed by atoms with van der Waals surface area (Å²) in [6, 6.07) is 7.78. The zero-order valence-corrected chi connectivity index (χ0v) is 18.1. The van der Waals surface area contributed by atoms with Gasteiger partial charge in [-0.2, -0.15) is 4.98 Å². The van der Waals surface area contributed by atoms with Gasteiger partial charge in [0.05, 0.1) is 16.7 Å². The van der Waals surface area contributed by atoms with Crippen LogP contribution in [0.25, 0.3) is 10.9 Å². The second-order valence-electron chi connectivity index (χ2n) is 8.06. The van der Waals surface area contributed by atoms with Crippen LogP contribution in [0, 0.1) is 11.8 Å². The third-order valence-corrected chi connectivity index (χ3v) is 7.02. The van der Waals surface area contributed by atoms with Crippen LogP contribution >= 0.6 is 11.8 Å². The van der Waals surface area contributed by atoms with Crippen molar-refractivity contribution in [3.05, 3.63) is 46.3 Å². The first-order valence-corrected chi connectivity index (χ1v) is 11.5. The van der Waals surface area contributed by atoms with Crippen molar-refractivity contribution in [2.24, 2.45) is 11.8 Å². The second-order valence-corrected chi connectivity index (χ2v) is 9.01. The molecule has 0 bridgehead atoms. The third-order valence-electron chi connectivity index (χ3n) is 6.08. The number of hydrogen-bond donors (Lipinski definition) is 0. The molecule has 0 radical (unpaired) electrons. The number of rotatable bonds is 6. The summed E-state index contributed by atoms with van der Waals surface area (Å²) in [5, 5.41) is 5.46. The number of aromatic nitrogens is 4. The highest BCUT2D eigenvalue weighted by molar-refractivity contribution is 7.98. The lowest BCUT2D eigenvalue weighted by atomic mass is 9.78. The van der Waals surface area contributed by atoms with Crippen LogP contribution in [-0.4, -0.2) is 19.7 Å². The molecule has 154 valence electrons. The third kappa shape index (κ3) is 4.10. The summed E-state index contributed by atoms with van der Waals surface area (Å²) in [6.07, 6.45) is 5.17. The zero-order valence-electron chi connectivity index (χ0n) is 17.3. The first-order chi connectivity index (χ1) is 14.1. The highest BCUT2D eigenvalue weighted by Gasteiger charge is 2.31. The normalized spacial score (nSPS) is 22.2. The summed E-state index contributed by atoms with van der Waals surface area (Å²) < 4.78 is 7.32. The molecule has 0 aliphatic heterocycles. The van der Waals surface area contributed by atoms with Crippen molar-refractivity contribution in [1.82, 2.24) is 19.7 Å². The van der Waals surface area contributed by atoms with E-state index in [9.17, 15) is 4.79 Å². The van der Waals surface area contributed by atoms with E-state index in [4.69, 9.17) is 9.51 Å². The van der Waals surface area contributed by atoms with Gasteiger partial charge in [0.1, 0.15) is 0 Å².